The van der Waals surface area contributed by atoms with Crippen LogP contribution in [0.1, 0.15) is 18.4 Å². The van der Waals surface area contributed by atoms with Gasteiger partial charge in [0.25, 0.3) is 0 Å². The highest BCUT2D eigenvalue weighted by Gasteiger charge is 2.29. The van der Waals surface area contributed by atoms with Crippen LogP contribution < -0.4 is 5.32 Å². The van der Waals surface area contributed by atoms with E-state index in [9.17, 15) is 9.18 Å². The molecule has 7 heteroatoms. The van der Waals surface area contributed by atoms with Gasteiger partial charge in [0.15, 0.2) is 0 Å². The van der Waals surface area contributed by atoms with Crippen molar-refractivity contribution in [2.45, 2.75) is 25.4 Å². The van der Waals surface area contributed by atoms with Crippen LogP contribution in [-0.2, 0) is 11.3 Å². The van der Waals surface area contributed by atoms with Crippen molar-refractivity contribution in [1.29, 1.82) is 0 Å². The number of carbonyl (C=O) groups is 1. The monoisotopic (exact) mass is 361 g/mol. The van der Waals surface area contributed by atoms with Crippen LogP contribution in [0.4, 0.5) is 4.39 Å². The van der Waals surface area contributed by atoms with Crippen molar-refractivity contribution in [3.63, 3.8) is 0 Å². The molecule has 1 unspecified atom stereocenters. The minimum Gasteiger partial charge on any atom is -0.339 e. The first-order valence-electron chi connectivity index (χ1n) is 7.82. The van der Waals surface area contributed by atoms with Gasteiger partial charge in [0.2, 0.25) is 5.91 Å². The molecule has 2 aliphatic rings. The third kappa shape index (κ3) is 4.35. The summed E-state index contributed by atoms with van der Waals surface area (Å²) in [4.78, 5) is 16.4. The van der Waals surface area contributed by atoms with E-state index in [1.807, 2.05) is 4.90 Å². The Hall–Kier alpha value is -0.880. The Labute approximate surface area is 147 Å². The van der Waals surface area contributed by atoms with Crippen molar-refractivity contribution in [3.8, 4) is 0 Å². The number of carbonyl (C=O) groups excluding carboxylic acids is 1. The van der Waals surface area contributed by atoms with Gasteiger partial charge in [-0.1, -0.05) is 17.7 Å². The molecule has 0 aromatic heterocycles. The molecule has 2 aliphatic heterocycles. The van der Waals surface area contributed by atoms with E-state index in [4.69, 9.17) is 11.6 Å². The normalized spacial score (nSPS) is 22.0. The van der Waals surface area contributed by atoms with Crippen LogP contribution in [0.15, 0.2) is 18.2 Å². The van der Waals surface area contributed by atoms with E-state index in [2.05, 4.69) is 10.2 Å². The molecule has 1 N–H and O–H groups in total. The number of nitrogens with one attached hydrogen (secondary N) is 1. The number of benzene rings is 1. The molecule has 1 aromatic rings. The topological polar surface area (TPSA) is 35.6 Å². The maximum absolute atomic E-state index is 13.8. The van der Waals surface area contributed by atoms with Crippen LogP contribution in [0.2, 0.25) is 5.02 Å². The zero-order valence-corrected chi connectivity index (χ0v) is 14.5. The summed E-state index contributed by atoms with van der Waals surface area (Å²) in [6, 6.07) is 4.76. The van der Waals surface area contributed by atoms with Crippen LogP contribution in [0.3, 0.4) is 0 Å². The quantitative estimate of drug-likeness (QED) is 0.896. The smallest absolute Gasteiger partial charge is 0.239 e. The minimum absolute atomic E-state index is 0. The molecule has 4 nitrogen and oxygen atoms in total. The summed E-state index contributed by atoms with van der Waals surface area (Å²) in [7, 11) is 0. The molecule has 0 radical (unpaired) electrons. The van der Waals surface area contributed by atoms with E-state index < -0.39 is 0 Å². The molecular weight excluding hydrogens is 340 g/mol. The molecule has 2 heterocycles. The second-order valence-corrected chi connectivity index (χ2v) is 6.36. The van der Waals surface area contributed by atoms with Gasteiger partial charge in [-0.3, -0.25) is 9.69 Å². The summed E-state index contributed by atoms with van der Waals surface area (Å²) in [6.45, 7) is 4.33. The maximum Gasteiger partial charge on any atom is 0.239 e. The highest BCUT2D eigenvalue weighted by Crippen LogP contribution is 2.21. The third-order valence-electron chi connectivity index (χ3n) is 4.49. The van der Waals surface area contributed by atoms with Crippen LogP contribution in [0.5, 0.6) is 0 Å². The molecule has 0 aliphatic carbocycles. The number of amides is 1. The zero-order chi connectivity index (χ0) is 15.5. The molecule has 23 heavy (non-hydrogen) atoms. The summed E-state index contributed by atoms with van der Waals surface area (Å²) >= 11 is 6.07. The minimum atomic E-state index is -0.263. The van der Waals surface area contributed by atoms with Crippen LogP contribution in [-0.4, -0.2) is 54.5 Å². The number of hydrogen-bond acceptors (Lipinski definition) is 3. The van der Waals surface area contributed by atoms with Gasteiger partial charge < -0.3 is 10.2 Å². The van der Waals surface area contributed by atoms with E-state index in [-0.39, 0.29) is 30.2 Å². The summed E-state index contributed by atoms with van der Waals surface area (Å²) < 4.78 is 13.8. The second kappa shape index (κ2) is 8.29. The molecule has 1 atom stereocenters. The molecule has 1 aromatic carbocycles. The van der Waals surface area contributed by atoms with E-state index in [0.29, 0.717) is 30.2 Å². The predicted octanol–water partition coefficient (Wildman–Crippen LogP) is 2.30. The van der Waals surface area contributed by atoms with E-state index in [0.717, 1.165) is 32.5 Å². The largest absolute Gasteiger partial charge is 0.339 e. The number of nitrogens with zero attached hydrogens (tertiary/aromatic N) is 2. The standard InChI is InChI=1S/C16H21ClFN3O.ClH/c17-13-3-1-4-14(18)12(13)11-20-7-9-21(10-8-20)16(22)15-5-2-6-19-15;/h1,3-4,15,19H,2,5-11H2;1H. The number of halogens is 3. The first-order chi connectivity index (χ1) is 10.6. The Kier molecular flexibility index (Phi) is 6.65. The number of rotatable bonds is 3. The van der Waals surface area contributed by atoms with Crippen molar-refractivity contribution in [2.24, 2.45) is 0 Å². The van der Waals surface area contributed by atoms with Gasteiger partial charge in [-0.05, 0) is 31.5 Å². The molecule has 3 rings (SSSR count). The van der Waals surface area contributed by atoms with Gasteiger partial charge in [0, 0.05) is 43.3 Å². The first-order valence-corrected chi connectivity index (χ1v) is 8.20. The van der Waals surface area contributed by atoms with Crippen molar-refractivity contribution in [3.05, 3.63) is 34.6 Å². The predicted molar refractivity (Wildman–Crippen MR) is 91.5 cm³/mol. The SMILES string of the molecule is Cl.O=C(C1CCCN1)N1CCN(Cc2c(F)cccc2Cl)CC1. The zero-order valence-electron chi connectivity index (χ0n) is 12.9. The van der Waals surface area contributed by atoms with E-state index in [1.165, 1.54) is 6.07 Å². The Balaban J connectivity index is 0.00000192. The van der Waals surface area contributed by atoms with Gasteiger partial charge in [0.05, 0.1) is 6.04 Å². The molecule has 128 valence electrons. The highest BCUT2D eigenvalue weighted by atomic mass is 35.5. The lowest BCUT2D eigenvalue weighted by atomic mass is 10.1. The number of piperazine rings is 1. The lowest BCUT2D eigenvalue weighted by Crippen LogP contribution is -2.52. The van der Waals surface area contributed by atoms with Crippen LogP contribution in [0.25, 0.3) is 0 Å². The first kappa shape index (κ1) is 18.5. The van der Waals surface area contributed by atoms with Crippen LogP contribution >= 0.6 is 24.0 Å². The molecular formula is C16H22Cl2FN3O. The Morgan fingerprint density at radius 1 is 1.30 bits per heavy atom. The molecule has 0 saturated carbocycles. The molecule has 2 saturated heterocycles. The van der Waals surface area contributed by atoms with Crippen molar-refractivity contribution in [1.82, 2.24) is 15.1 Å². The fraction of sp³-hybridized carbons (Fsp3) is 0.562. The molecule has 2 fully saturated rings. The van der Waals surface area contributed by atoms with Crippen molar-refractivity contribution < 1.29 is 9.18 Å². The average molecular weight is 362 g/mol. The highest BCUT2D eigenvalue weighted by molar-refractivity contribution is 6.31. The molecule has 1 amide bonds. The van der Waals surface area contributed by atoms with Crippen molar-refractivity contribution in [2.75, 3.05) is 32.7 Å². The lowest BCUT2D eigenvalue weighted by Gasteiger charge is -2.36. The van der Waals surface area contributed by atoms with E-state index in [1.54, 1.807) is 12.1 Å². The summed E-state index contributed by atoms with van der Waals surface area (Å²) in [5.74, 6) is -0.0535. The molecule has 0 spiro atoms. The van der Waals surface area contributed by atoms with Gasteiger partial charge >= 0.3 is 0 Å². The number of hydrogen-bond donors (Lipinski definition) is 1. The summed E-state index contributed by atoms with van der Waals surface area (Å²) in [6.07, 6.45) is 2.01. The average Bonchev–Trinajstić information content (AvgIpc) is 3.05. The summed E-state index contributed by atoms with van der Waals surface area (Å²) in [5.41, 5.74) is 0.543. The maximum atomic E-state index is 13.8. The van der Waals surface area contributed by atoms with Gasteiger partial charge in [-0.25, -0.2) is 4.39 Å². The lowest BCUT2D eigenvalue weighted by molar-refractivity contribution is -0.134. The summed E-state index contributed by atoms with van der Waals surface area (Å²) in [5, 5.41) is 3.71. The van der Waals surface area contributed by atoms with Gasteiger partial charge in [0.1, 0.15) is 5.82 Å². The van der Waals surface area contributed by atoms with Gasteiger partial charge in [-0.2, -0.15) is 0 Å². The third-order valence-corrected chi connectivity index (χ3v) is 4.84. The van der Waals surface area contributed by atoms with Crippen molar-refractivity contribution >= 4 is 29.9 Å². The fourth-order valence-corrected chi connectivity index (χ4v) is 3.37. The Bertz CT molecular complexity index is 524. The Morgan fingerprint density at radius 3 is 2.65 bits per heavy atom. The van der Waals surface area contributed by atoms with E-state index >= 15 is 0 Å². The fourth-order valence-electron chi connectivity index (χ4n) is 3.15. The van der Waals surface area contributed by atoms with Gasteiger partial charge in [-0.15, -0.1) is 12.4 Å². The second-order valence-electron chi connectivity index (χ2n) is 5.95. The molecule has 0 bridgehead atoms. The Morgan fingerprint density at radius 2 is 2.04 bits per heavy atom. The van der Waals surface area contributed by atoms with Crippen LogP contribution in [0, 0.1) is 5.82 Å².